The maximum absolute atomic E-state index is 3.79. The van der Waals surface area contributed by atoms with Gasteiger partial charge >= 0.3 is 0 Å². The lowest BCUT2D eigenvalue weighted by Crippen LogP contribution is -2.35. The zero-order valence-corrected chi connectivity index (χ0v) is 8.18. The van der Waals surface area contributed by atoms with Crippen LogP contribution < -0.4 is 5.32 Å². The van der Waals surface area contributed by atoms with E-state index in [1.807, 2.05) is 0 Å². The van der Waals surface area contributed by atoms with Gasteiger partial charge in [0.05, 0.1) is 0 Å². The summed E-state index contributed by atoms with van der Waals surface area (Å²) in [6, 6.07) is 0. The van der Waals surface area contributed by atoms with E-state index in [0.29, 0.717) is 0 Å². The third-order valence-electron chi connectivity index (χ3n) is 2.88. The first kappa shape index (κ1) is 9.79. The van der Waals surface area contributed by atoms with Gasteiger partial charge in [0.2, 0.25) is 0 Å². The van der Waals surface area contributed by atoms with Crippen molar-refractivity contribution in [2.45, 2.75) is 32.6 Å². The SMILES string of the molecule is C=CCC1CCC1CNCCC. The molecule has 1 saturated carbocycles. The molecule has 12 heavy (non-hydrogen) atoms. The number of nitrogens with one attached hydrogen (secondary N) is 1. The second kappa shape index (κ2) is 5.36. The summed E-state index contributed by atoms with van der Waals surface area (Å²) in [5.41, 5.74) is 0. The molecule has 0 aliphatic heterocycles. The third-order valence-corrected chi connectivity index (χ3v) is 2.88. The Hall–Kier alpha value is -0.300. The average Bonchev–Trinajstić information content (AvgIpc) is 2.06. The van der Waals surface area contributed by atoms with Crippen molar-refractivity contribution in [2.75, 3.05) is 13.1 Å². The van der Waals surface area contributed by atoms with E-state index in [0.717, 1.165) is 11.8 Å². The van der Waals surface area contributed by atoms with Gasteiger partial charge in [0.25, 0.3) is 0 Å². The van der Waals surface area contributed by atoms with E-state index in [2.05, 4.69) is 24.9 Å². The molecule has 2 atom stereocenters. The second-order valence-electron chi connectivity index (χ2n) is 3.83. The molecule has 1 aliphatic carbocycles. The summed E-state index contributed by atoms with van der Waals surface area (Å²) in [4.78, 5) is 0. The summed E-state index contributed by atoms with van der Waals surface area (Å²) in [6.45, 7) is 8.42. The molecule has 0 aromatic carbocycles. The Morgan fingerprint density at radius 3 is 2.67 bits per heavy atom. The first-order chi connectivity index (χ1) is 5.88. The molecule has 0 heterocycles. The van der Waals surface area contributed by atoms with Crippen LogP contribution in [0.5, 0.6) is 0 Å². The fraction of sp³-hybridized carbons (Fsp3) is 0.818. The van der Waals surface area contributed by atoms with E-state index in [4.69, 9.17) is 0 Å². The Morgan fingerprint density at radius 1 is 1.42 bits per heavy atom. The van der Waals surface area contributed by atoms with E-state index in [1.165, 1.54) is 38.8 Å². The molecule has 1 N–H and O–H groups in total. The standard InChI is InChI=1S/C11H21N/c1-3-5-10-6-7-11(10)9-12-8-4-2/h3,10-12H,1,4-9H2,2H3. The van der Waals surface area contributed by atoms with Crippen molar-refractivity contribution in [2.24, 2.45) is 11.8 Å². The van der Waals surface area contributed by atoms with Crippen molar-refractivity contribution in [3.8, 4) is 0 Å². The molecule has 0 saturated heterocycles. The summed E-state index contributed by atoms with van der Waals surface area (Å²) >= 11 is 0. The molecule has 1 nitrogen and oxygen atoms in total. The maximum Gasteiger partial charge on any atom is -0.00178 e. The van der Waals surface area contributed by atoms with Crippen molar-refractivity contribution >= 4 is 0 Å². The lowest BCUT2D eigenvalue weighted by Gasteiger charge is -2.36. The van der Waals surface area contributed by atoms with E-state index in [1.54, 1.807) is 0 Å². The van der Waals surface area contributed by atoms with E-state index in [-0.39, 0.29) is 0 Å². The van der Waals surface area contributed by atoms with Crippen LogP contribution >= 0.6 is 0 Å². The topological polar surface area (TPSA) is 12.0 Å². The highest BCUT2D eigenvalue weighted by molar-refractivity contribution is 4.86. The van der Waals surface area contributed by atoms with Crippen LogP contribution in [-0.4, -0.2) is 13.1 Å². The largest absolute Gasteiger partial charge is 0.316 e. The lowest BCUT2D eigenvalue weighted by atomic mass is 9.72. The van der Waals surface area contributed by atoms with E-state index < -0.39 is 0 Å². The Kier molecular flexibility index (Phi) is 4.37. The normalized spacial score (nSPS) is 28.1. The molecule has 1 rings (SSSR count). The molecule has 0 amide bonds. The molecule has 0 aromatic heterocycles. The number of rotatable bonds is 6. The van der Waals surface area contributed by atoms with Crippen LogP contribution in [0.15, 0.2) is 12.7 Å². The molecule has 0 radical (unpaired) electrons. The summed E-state index contributed by atoms with van der Waals surface area (Å²) < 4.78 is 0. The van der Waals surface area contributed by atoms with Gasteiger partial charge < -0.3 is 5.32 Å². The average molecular weight is 167 g/mol. The van der Waals surface area contributed by atoms with Crippen LogP contribution in [0.1, 0.15) is 32.6 Å². The van der Waals surface area contributed by atoms with Crippen LogP contribution in [-0.2, 0) is 0 Å². The summed E-state index contributed by atoms with van der Waals surface area (Å²) in [5, 5.41) is 3.49. The molecule has 2 unspecified atom stereocenters. The molecule has 1 fully saturated rings. The van der Waals surface area contributed by atoms with Gasteiger partial charge in [0.15, 0.2) is 0 Å². The maximum atomic E-state index is 3.79. The van der Waals surface area contributed by atoms with Crippen molar-refractivity contribution in [1.29, 1.82) is 0 Å². The molecule has 0 bridgehead atoms. The van der Waals surface area contributed by atoms with Crippen LogP contribution in [0, 0.1) is 11.8 Å². The van der Waals surface area contributed by atoms with Gasteiger partial charge in [-0.1, -0.05) is 13.0 Å². The van der Waals surface area contributed by atoms with Crippen molar-refractivity contribution in [3.63, 3.8) is 0 Å². The quantitative estimate of drug-likeness (QED) is 0.473. The predicted molar refractivity (Wildman–Crippen MR) is 54.2 cm³/mol. The molecule has 1 aliphatic rings. The number of hydrogen-bond donors (Lipinski definition) is 1. The van der Waals surface area contributed by atoms with Crippen LogP contribution in [0.4, 0.5) is 0 Å². The Balaban J connectivity index is 2.04. The third kappa shape index (κ3) is 2.63. The van der Waals surface area contributed by atoms with Crippen LogP contribution in [0.25, 0.3) is 0 Å². The van der Waals surface area contributed by atoms with E-state index >= 15 is 0 Å². The van der Waals surface area contributed by atoms with Crippen molar-refractivity contribution in [3.05, 3.63) is 12.7 Å². The summed E-state index contributed by atoms with van der Waals surface area (Å²) in [6.07, 6.45) is 7.38. The zero-order valence-electron chi connectivity index (χ0n) is 8.18. The van der Waals surface area contributed by atoms with E-state index in [9.17, 15) is 0 Å². The fourth-order valence-electron chi connectivity index (χ4n) is 1.90. The number of hydrogen-bond acceptors (Lipinski definition) is 1. The zero-order chi connectivity index (χ0) is 8.81. The highest BCUT2D eigenvalue weighted by atomic mass is 14.9. The summed E-state index contributed by atoms with van der Waals surface area (Å²) in [5.74, 6) is 1.88. The van der Waals surface area contributed by atoms with Crippen LogP contribution in [0.3, 0.4) is 0 Å². The smallest absolute Gasteiger partial charge is 0.00178 e. The Morgan fingerprint density at radius 2 is 2.17 bits per heavy atom. The minimum absolute atomic E-state index is 0.937. The number of allylic oxidation sites excluding steroid dienone is 1. The van der Waals surface area contributed by atoms with Crippen molar-refractivity contribution < 1.29 is 0 Å². The van der Waals surface area contributed by atoms with Crippen LogP contribution in [0.2, 0.25) is 0 Å². The van der Waals surface area contributed by atoms with Gasteiger partial charge in [0, 0.05) is 0 Å². The van der Waals surface area contributed by atoms with Gasteiger partial charge in [0.1, 0.15) is 0 Å². The first-order valence-electron chi connectivity index (χ1n) is 5.20. The Bertz CT molecular complexity index is 131. The predicted octanol–water partition coefficient (Wildman–Crippen LogP) is 2.59. The minimum atomic E-state index is 0.937. The highest BCUT2D eigenvalue weighted by Gasteiger charge is 2.28. The minimum Gasteiger partial charge on any atom is -0.316 e. The van der Waals surface area contributed by atoms with Gasteiger partial charge in [-0.3, -0.25) is 0 Å². The van der Waals surface area contributed by atoms with Gasteiger partial charge in [-0.05, 0) is 50.6 Å². The van der Waals surface area contributed by atoms with Crippen molar-refractivity contribution in [1.82, 2.24) is 5.32 Å². The molecule has 0 aromatic rings. The molecule has 0 spiro atoms. The molecular formula is C11H21N. The first-order valence-corrected chi connectivity index (χ1v) is 5.20. The molecule has 70 valence electrons. The summed E-state index contributed by atoms with van der Waals surface area (Å²) in [7, 11) is 0. The lowest BCUT2D eigenvalue weighted by molar-refractivity contribution is 0.174. The molecule has 1 heteroatoms. The van der Waals surface area contributed by atoms with Gasteiger partial charge in [-0.15, -0.1) is 6.58 Å². The monoisotopic (exact) mass is 167 g/mol. The fourth-order valence-corrected chi connectivity index (χ4v) is 1.90. The second-order valence-corrected chi connectivity index (χ2v) is 3.83. The molecular weight excluding hydrogens is 146 g/mol. The van der Waals surface area contributed by atoms with Gasteiger partial charge in [-0.25, -0.2) is 0 Å². The Labute approximate surface area is 76.2 Å². The van der Waals surface area contributed by atoms with Gasteiger partial charge in [-0.2, -0.15) is 0 Å². The highest BCUT2D eigenvalue weighted by Crippen LogP contribution is 2.36.